The largest absolute Gasteiger partial charge is 0.463 e. The first-order valence-electron chi connectivity index (χ1n) is 9.91. The zero-order valence-corrected chi connectivity index (χ0v) is 16.8. The Morgan fingerprint density at radius 2 is 2.06 bits per heavy atom. The van der Waals surface area contributed by atoms with Crippen LogP contribution in [0.3, 0.4) is 0 Å². The number of para-hydroxylation sites is 2. The Bertz CT molecular complexity index is 1220. The first-order chi connectivity index (χ1) is 15.1. The van der Waals surface area contributed by atoms with Gasteiger partial charge in [0.05, 0.1) is 47.8 Å². The average Bonchev–Trinajstić information content (AvgIpc) is 3.40. The highest BCUT2D eigenvalue weighted by Crippen LogP contribution is 2.37. The fraction of sp³-hybridized carbons (Fsp3) is 0.227. The van der Waals surface area contributed by atoms with Gasteiger partial charge in [0.25, 0.3) is 0 Å². The van der Waals surface area contributed by atoms with Crippen LogP contribution in [0.25, 0.3) is 11.0 Å². The van der Waals surface area contributed by atoms with Gasteiger partial charge in [-0.3, -0.25) is 0 Å². The molecular weight excluding hydrogens is 400 g/mol. The number of hydrogen-bond donors (Lipinski definition) is 2. The van der Waals surface area contributed by atoms with Crippen LogP contribution in [-0.4, -0.2) is 35.0 Å². The Morgan fingerprint density at radius 3 is 2.94 bits per heavy atom. The number of allylic oxidation sites excluding steroid dienone is 1. The number of rotatable bonds is 5. The molecular formula is C22H20N4O5. The number of carbonyl (C=O) groups excluding carboxylic acids is 2. The van der Waals surface area contributed by atoms with Crippen LogP contribution in [0.1, 0.15) is 18.5 Å². The highest BCUT2D eigenvalue weighted by atomic mass is 16.7. The van der Waals surface area contributed by atoms with Crippen LogP contribution >= 0.6 is 0 Å². The summed E-state index contributed by atoms with van der Waals surface area (Å²) < 4.78 is 18.0. The molecule has 1 atom stereocenters. The summed E-state index contributed by atoms with van der Waals surface area (Å²) >= 11 is 0. The minimum absolute atomic E-state index is 0.136. The highest BCUT2D eigenvalue weighted by molar-refractivity contribution is 5.95. The van der Waals surface area contributed by atoms with Gasteiger partial charge in [0.15, 0.2) is 11.5 Å². The molecule has 1 unspecified atom stereocenters. The zero-order chi connectivity index (χ0) is 21.4. The molecule has 2 aliphatic rings. The Kier molecular flexibility index (Phi) is 4.70. The standard InChI is InChI=1S/C22H20N4O5/c1-2-29-21(27)19-15(10-26-11-23-14-5-3-4-6-16(14)26)24-22(28)25-20(19)13-7-8-17-18(9-13)31-12-30-17/h3-9,11,20H,2,10,12H2,1H3,(H2,24,25,28). The van der Waals surface area contributed by atoms with E-state index in [0.29, 0.717) is 28.3 Å². The molecule has 2 aliphatic heterocycles. The minimum Gasteiger partial charge on any atom is -0.463 e. The molecule has 1 aromatic heterocycles. The number of nitrogens with zero attached hydrogens (tertiary/aromatic N) is 2. The first-order valence-corrected chi connectivity index (χ1v) is 9.91. The van der Waals surface area contributed by atoms with Crippen LogP contribution in [0.5, 0.6) is 11.5 Å². The second-order valence-electron chi connectivity index (χ2n) is 7.12. The number of esters is 1. The molecule has 31 heavy (non-hydrogen) atoms. The van der Waals surface area contributed by atoms with Crippen LogP contribution in [-0.2, 0) is 16.1 Å². The summed E-state index contributed by atoms with van der Waals surface area (Å²) in [5.74, 6) is 0.684. The summed E-state index contributed by atoms with van der Waals surface area (Å²) in [4.78, 5) is 29.9. The van der Waals surface area contributed by atoms with Crippen molar-refractivity contribution in [3.05, 3.63) is 65.6 Å². The van der Waals surface area contributed by atoms with Crippen molar-refractivity contribution in [3.63, 3.8) is 0 Å². The summed E-state index contributed by atoms with van der Waals surface area (Å²) in [5.41, 5.74) is 3.19. The third-order valence-corrected chi connectivity index (χ3v) is 5.23. The molecule has 2 aromatic carbocycles. The smallest absolute Gasteiger partial charge is 0.338 e. The van der Waals surface area contributed by atoms with Crippen molar-refractivity contribution in [1.82, 2.24) is 20.2 Å². The predicted molar refractivity (Wildman–Crippen MR) is 110 cm³/mol. The highest BCUT2D eigenvalue weighted by Gasteiger charge is 2.34. The van der Waals surface area contributed by atoms with Gasteiger partial charge in [0.1, 0.15) is 0 Å². The second kappa shape index (κ2) is 7.67. The molecule has 158 valence electrons. The number of ether oxygens (including phenoxy) is 3. The van der Waals surface area contributed by atoms with E-state index in [1.807, 2.05) is 28.8 Å². The quantitative estimate of drug-likeness (QED) is 0.615. The maximum atomic E-state index is 13.0. The van der Waals surface area contributed by atoms with Crippen LogP contribution in [0.15, 0.2) is 60.1 Å². The number of imidazole rings is 1. The van der Waals surface area contributed by atoms with Crippen molar-refractivity contribution >= 4 is 23.0 Å². The number of hydrogen-bond acceptors (Lipinski definition) is 6. The number of carbonyl (C=O) groups is 2. The summed E-state index contributed by atoms with van der Waals surface area (Å²) in [6, 6.07) is 11.9. The minimum atomic E-state index is -0.702. The lowest BCUT2D eigenvalue weighted by atomic mass is 9.94. The monoisotopic (exact) mass is 420 g/mol. The van der Waals surface area contributed by atoms with Crippen molar-refractivity contribution in [3.8, 4) is 11.5 Å². The fourth-order valence-corrected chi connectivity index (χ4v) is 3.84. The Balaban J connectivity index is 1.60. The van der Waals surface area contributed by atoms with Crippen LogP contribution < -0.4 is 20.1 Å². The van der Waals surface area contributed by atoms with Crippen molar-refractivity contribution < 1.29 is 23.8 Å². The fourth-order valence-electron chi connectivity index (χ4n) is 3.84. The number of aromatic nitrogens is 2. The van der Waals surface area contributed by atoms with E-state index in [-0.39, 0.29) is 19.9 Å². The number of urea groups is 1. The van der Waals surface area contributed by atoms with Crippen molar-refractivity contribution in [2.45, 2.75) is 19.5 Å². The van der Waals surface area contributed by atoms with E-state index < -0.39 is 18.0 Å². The molecule has 9 heteroatoms. The third-order valence-electron chi connectivity index (χ3n) is 5.23. The molecule has 2 amide bonds. The SMILES string of the molecule is CCOC(=O)C1=C(Cn2cnc3ccccc32)NC(=O)NC1c1ccc2c(c1)OCO2. The molecule has 5 rings (SSSR count). The summed E-state index contributed by atoms with van der Waals surface area (Å²) in [5, 5.41) is 5.62. The molecule has 0 bridgehead atoms. The lowest BCUT2D eigenvalue weighted by molar-refractivity contribution is -0.139. The molecule has 2 N–H and O–H groups in total. The van der Waals surface area contributed by atoms with Crippen molar-refractivity contribution in [2.24, 2.45) is 0 Å². The molecule has 0 spiro atoms. The average molecular weight is 420 g/mol. The number of benzene rings is 2. The van der Waals surface area contributed by atoms with E-state index in [9.17, 15) is 9.59 Å². The van der Waals surface area contributed by atoms with Gasteiger partial charge in [0, 0.05) is 0 Å². The van der Waals surface area contributed by atoms with E-state index in [2.05, 4.69) is 15.6 Å². The van der Waals surface area contributed by atoms with E-state index in [1.54, 1.807) is 31.5 Å². The Hall–Kier alpha value is -4.01. The third kappa shape index (κ3) is 3.43. The Labute approximate surface area is 177 Å². The molecule has 0 saturated carbocycles. The van der Waals surface area contributed by atoms with E-state index in [4.69, 9.17) is 14.2 Å². The van der Waals surface area contributed by atoms with Crippen LogP contribution in [0.2, 0.25) is 0 Å². The summed E-state index contributed by atoms with van der Waals surface area (Å²) in [6.07, 6.45) is 1.68. The molecule has 0 aliphatic carbocycles. The summed E-state index contributed by atoms with van der Waals surface area (Å²) in [6.45, 7) is 2.34. The normalized spacial score (nSPS) is 17.5. The molecule has 0 fully saturated rings. The number of amides is 2. The van der Waals surface area contributed by atoms with Gasteiger partial charge in [-0.2, -0.15) is 0 Å². The van der Waals surface area contributed by atoms with Gasteiger partial charge in [-0.15, -0.1) is 0 Å². The lowest BCUT2D eigenvalue weighted by Gasteiger charge is -2.29. The molecule has 0 saturated heterocycles. The van der Waals surface area contributed by atoms with Gasteiger partial charge in [-0.25, -0.2) is 14.6 Å². The number of fused-ring (bicyclic) bond motifs is 2. The lowest BCUT2D eigenvalue weighted by Crippen LogP contribution is -2.46. The van der Waals surface area contributed by atoms with Crippen LogP contribution in [0, 0.1) is 0 Å². The molecule has 9 nitrogen and oxygen atoms in total. The topological polar surface area (TPSA) is 104 Å². The second-order valence-corrected chi connectivity index (χ2v) is 7.12. The van der Waals surface area contributed by atoms with E-state index in [1.165, 1.54) is 0 Å². The number of nitrogens with one attached hydrogen (secondary N) is 2. The molecule has 3 aromatic rings. The van der Waals surface area contributed by atoms with Gasteiger partial charge in [-0.05, 0) is 36.8 Å². The molecule has 0 radical (unpaired) electrons. The Morgan fingerprint density at radius 1 is 1.23 bits per heavy atom. The van der Waals surface area contributed by atoms with Gasteiger partial charge < -0.3 is 29.4 Å². The first kappa shape index (κ1) is 19.0. The van der Waals surface area contributed by atoms with Gasteiger partial charge in [0.2, 0.25) is 6.79 Å². The molecule has 3 heterocycles. The van der Waals surface area contributed by atoms with Gasteiger partial charge in [-0.1, -0.05) is 18.2 Å². The maximum absolute atomic E-state index is 13.0. The van der Waals surface area contributed by atoms with E-state index in [0.717, 1.165) is 11.0 Å². The van der Waals surface area contributed by atoms with Crippen LogP contribution in [0.4, 0.5) is 4.79 Å². The van der Waals surface area contributed by atoms with Crippen molar-refractivity contribution in [2.75, 3.05) is 13.4 Å². The predicted octanol–water partition coefficient (Wildman–Crippen LogP) is 2.64. The van der Waals surface area contributed by atoms with E-state index >= 15 is 0 Å². The maximum Gasteiger partial charge on any atom is 0.338 e. The van der Waals surface area contributed by atoms with Gasteiger partial charge >= 0.3 is 12.0 Å². The zero-order valence-electron chi connectivity index (χ0n) is 16.8. The summed E-state index contributed by atoms with van der Waals surface area (Å²) in [7, 11) is 0. The van der Waals surface area contributed by atoms with Crippen molar-refractivity contribution in [1.29, 1.82) is 0 Å².